The van der Waals surface area contributed by atoms with E-state index in [4.69, 9.17) is 17.3 Å². The van der Waals surface area contributed by atoms with Gasteiger partial charge in [0, 0.05) is 5.69 Å². The Bertz CT molecular complexity index is 709. The lowest BCUT2D eigenvalue weighted by Gasteiger charge is -2.08. The van der Waals surface area contributed by atoms with Crippen molar-refractivity contribution in [1.82, 2.24) is 0 Å². The van der Waals surface area contributed by atoms with Crippen molar-refractivity contribution in [2.24, 2.45) is 0 Å². The number of nitrogen functional groups attached to an aromatic ring is 1. The van der Waals surface area contributed by atoms with Gasteiger partial charge in [-0.3, -0.25) is 9.00 Å². The molecule has 2 rings (SSSR count). The van der Waals surface area contributed by atoms with Crippen molar-refractivity contribution in [1.29, 1.82) is 0 Å². The number of para-hydroxylation sites is 1. The first-order chi connectivity index (χ1) is 9.97. The van der Waals surface area contributed by atoms with Crippen molar-refractivity contribution in [2.75, 3.05) is 16.8 Å². The van der Waals surface area contributed by atoms with Crippen LogP contribution in [-0.2, 0) is 15.6 Å². The van der Waals surface area contributed by atoms with Gasteiger partial charge in [0.05, 0.1) is 26.4 Å². The molecule has 0 aliphatic heterocycles. The van der Waals surface area contributed by atoms with Gasteiger partial charge in [-0.25, -0.2) is 4.39 Å². The van der Waals surface area contributed by atoms with E-state index in [9.17, 15) is 13.4 Å². The number of benzene rings is 2. The monoisotopic (exact) mass is 326 g/mol. The zero-order chi connectivity index (χ0) is 15.4. The maximum absolute atomic E-state index is 13.1. The largest absolute Gasteiger partial charge is 0.398 e. The molecular weight excluding hydrogens is 315 g/mol. The normalized spacial score (nSPS) is 11.9. The molecule has 0 fully saturated rings. The van der Waals surface area contributed by atoms with Gasteiger partial charge in [-0.15, -0.1) is 0 Å². The Hall–Kier alpha value is -1.92. The average molecular weight is 327 g/mol. The molecule has 0 saturated carbocycles. The van der Waals surface area contributed by atoms with Crippen LogP contribution < -0.4 is 11.1 Å². The minimum atomic E-state index is -1.74. The summed E-state index contributed by atoms with van der Waals surface area (Å²) in [4.78, 5) is 11.9. The highest BCUT2D eigenvalue weighted by Gasteiger charge is 2.14. The van der Waals surface area contributed by atoms with E-state index in [-0.39, 0.29) is 16.3 Å². The van der Waals surface area contributed by atoms with Crippen molar-refractivity contribution in [3.05, 3.63) is 53.3 Å². The van der Waals surface area contributed by atoms with Gasteiger partial charge in [0.1, 0.15) is 11.6 Å². The fourth-order valence-corrected chi connectivity index (χ4v) is 2.87. The number of nitrogens with two attached hydrogens (primary N) is 1. The van der Waals surface area contributed by atoms with Crippen LogP contribution in [0.5, 0.6) is 0 Å². The number of carbonyl (C=O) groups excluding carboxylic acids is 1. The molecule has 2 aromatic rings. The number of hydrogen-bond donors (Lipinski definition) is 2. The van der Waals surface area contributed by atoms with Gasteiger partial charge < -0.3 is 11.1 Å². The maximum atomic E-state index is 13.1. The van der Waals surface area contributed by atoms with E-state index in [1.54, 1.807) is 24.3 Å². The lowest BCUT2D eigenvalue weighted by atomic mass is 10.3. The summed E-state index contributed by atoms with van der Waals surface area (Å²) in [5.74, 6) is -1.39. The van der Waals surface area contributed by atoms with E-state index in [2.05, 4.69) is 5.32 Å². The molecule has 4 nitrogen and oxygen atoms in total. The molecule has 1 unspecified atom stereocenters. The fraction of sp³-hybridized carbons (Fsp3) is 0.0714. The van der Waals surface area contributed by atoms with E-state index in [1.165, 1.54) is 12.1 Å². The molecule has 0 aliphatic rings. The second kappa shape index (κ2) is 6.69. The predicted octanol–water partition coefficient (Wildman–Crippen LogP) is 2.81. The maximum Gasteiger partial charge on any atom is 0.237 e. The summed E-state index contributed by atoms with van der Waals surface area (Å²) in [5, 5.41) is 2.92. The zero-order valence-electron chi connectivity index (χ0n) is 10.8. The van der Waals surface area contributed by atoms with Crippen molar-refractivity contribution < 1.29 is 13.4 Å². The summed E-state index contributed by atoms with van der Waals surface area (Å²) in [6.45, 7) is 0. The van der Waals surface area contributed by atoms with E-state index in [0.717, 1.165) is 6.07 Å². The van der Waals surface area contributed by atoms with Crippen molar-refractivity contribution in [3.63, 3.8) is 0 Å². The number of amides is 1. The molecule has 0 bridgehead atoms. The minimum Gasteiger partial charge on any atom is -0.398 e. The average Bonchev–Trinajstić information content (AvgIpc) is 2.44. The Balaban J connectivity index is 2.08. The Kier molecular flexibility index (Phi) is 4.93. The van der Waals surface area contributed by atoms with E-state index in [0.29, 0.717) is 10.7 Å². The second-order valence-corrected chi connectivity index (χ2v) is 6.03. The molecule has 0 saturated heterocycles. The molecule has 0 heterocycles. The molecule has 110 valence electrons. The molecule has 3 N–H and O–H groups in total. The zero-order valence-corrected chi connectivity index (χ0v) is 12.4. The first-order valence-electron chi connectivity index (χ1n) is 5.95. The highest BCUT2D eigenvalue weighted by molar-refractivity contribution is 7.86. The summed E-state index contributed by atoms with van der Waals surface area (Å²) in [6, 6.07) is 10.2. The first-order valence-corrected chi connectivity index (χ1v) is 7.65. The van der Waals surface area contributed by atoms with Crippen LogP contribution in [0.15, 0.2) is 47.4 Å². The quantitative estimate of drug-likeness (QED) is 0.849. The van der Waals surface area contributed by atoms with Gasteiger partial charge >= 0.3 is 0 Å². The van der Waals surface area contributed by atoms with Crippen LogP contribution in [0.4, 0.5) is 15.8 Å². The van der Waals surface area contributed by atoms with Gasteiger partial charge in [0.25, 0.3) is 0 Å². The molecule has 0 aliphatic carbocycles. The van der Waals surface area contributed by atoms with Gasteiger partial charge in [-0.05, 0) is 30.3 Å². The molecule has 0 radical (unpaired) electrons. The number of hydrogen-bond acceptors (Lipinski definition) is 3. The van der Waals surface area contributed by atoms with Crippen LogP contribution in [-0.4, -0.2) is 15.9 Å². The van der Waals surface area contributed by atoms with Crippen LogP contribution in [0.25, 0.3) is 0 Å². The van der Waals surface area contributed by atoms with Crippen molar-refractivity contribution in [3.8, 4) is 0 Å². The van der Waals surface area contributed by atoms with Crippen molar-refractivity contribution >= 4 is 39.7 Å². The lowest BCUT2D eigenvalue weighted by Crippen LogP contribution is -2.20. The molecule has 0 aromatic heterocycles. The molecule has 1 amide bonds. The topological polar surface area (TPSA) is 72.2 Å². The summed E-state index contributed by atoms with van der Waals surface area (Å²) >= 11 is 5.91. The third-order valence-corrected chi connectivity index (χ3v) is 4.33. The van der Waals surface area contributed by atoms with Gasteiger partial charge in [-0.2, -0.15) is 0 Å². The highest BCUT2D eigenvalue weighted by Crippen LogP contribution is 2.21. The molecule has 1 atom stereocenters. The summed E-state index contributed by atoms with van der Waals surface area (Å²) in [7, 11) is -1.74. The number of rotatable bonds is 4. The number of carbonyl (C=O) groups is 1. The fourth-order valence-electron chi connectivity index (χ4n) is 1.65. The Morgan fingerprint density at radius 2 is 2.00 bits per heavy atom. The van der Waals surface area contributed by atoms with E-state index in [1.807, 2.05) is 0 Å². The van der Waals surface area contributed by atoms with Crippen LogP contribution >= 0.6 is 11.6 Å². The predicted molar refractivity (Wildman–Crippen MR) is 82.2 cm³/mol. The summed E-state index contributed by atoms with van der Waals surface area (Å²) < 4.78 is 25.2. The number of nitrogens with one attached hydrogen (secondary N) is 1. The van der Waals surface area contributed by atoms with E-state index >= 15 is 0 Å². The van der Waals surface area contributed by atoms with Crippen molar-refractivity contribution in [2.45, 2.75) is 4.90 Å². The standard InChI is InChI=1S/C14H12ClFN2O2S/c15-10-3-1-2-4-12(10)18-14(19)8-21(20)13-7-9(16)5-6-11(13)17/h1-7H,8,17H2,(H,18,19). The smallest absolute Gasteiger partial charge is 0.237 e. The van der Waals surface area contributed by atoms with Gasteiger partial charge in [-0.1, -0.05) is 23.7 Å². The van der Waals surface area contributed by atoms with Crippen LogP contribution in [0, 0.1) is 5.82 Å². The Morgan fingerprint density at radius 3 is 2.71 bits per heavy atom. The highest BCUT2D eigenvalue weighted by atomic mass is 35.5. The van der Waals surface area contributed by atoms with Gasteiger partial charge in [0.2, 0.25) is 5.91 Å². The molecule has 2 aromatic carbocycles. The van der Waals surface area contributed by atoms with Crippen LogP contribution in [0.3, 0.4) is 0 Å². The molecule has 0 spiro atoms. The SMILES string of the molecule is Nc1ccc(F)cc1S(=O)CC(=O)Nc1ccccc1Cl. The van der Waals surface area contributed by atoms with Gasteiger partial charge in [0.15, 0.2) is 0 Å². The Labute approximate surface area is 128 Å². The third-order valence-electron chi connectivity index (χ3n) is 2.63. The number of anilines is 2. The summed E-state index contributed by atoms with van der Waals surface area (Å²) in [6.07, 6.45) is 0. The molecular formula is C14H12ClFN2O2S. The molecule has 7 heteroatoms. The first kappa shape index (κ1) is 15.5. The summed E-state index contributed by atoms with van der Waals surface area (Å²) in [5.41, 5.74) is 6.24. The Morgan fingerprint density at radius 1 is 1.29 bits per heavy atom. The second-order valence-electron chi connectivity index (χ2n) is 4.20. The molecule has 21 heavy (non-hydrogen) atoms. The van der Waals surface area contributed by atoms with Crippen LogP contribution in [0.1, 0.15) is 0 Å². The lowest BCUT2D eigenvalue weighted by molar-refractivity contribution is -0.113. The third kappa shape index (κ3) is 4.03. The number of halogens is 2. The van der Waals surface area contributed by atoms with Crippen LogP contribution in [0.2, 0.25) is 5.02 Å². The minimum absolute atomic E-state index is 0.101. The van der Waals surface area contributed by atoms with E-state index < -0.39 is 22.5 Å².